The zero-order valence-electron chi connectivity index (χ0n) is 10.0. The maximum Gasteiger partial charge on any atom is 0.0749 e. The molecule has 1 aromatic carbocycles. The molecule has 1 saturated heterocycles. The van der Waals surface area contributed by atoms with Crippen molar-refractivity contribution in [1.29, 1.82) is 0 Å². The molecule has 1 aliphatic rings. The van der Waals surface area contributed by atoms with Crippen molar-refractivity contribution in [3.63, 3.8) is 0 Å². The summed E-state index contributed by atoms with van der Waals surface area (Å²) in [6.45, 7) is 2.11. The fourth-order valence-electron chi connectivity index (χ4n) is 2.30. The molecule has 0 aromatic heterocycles. The lowest BCUT2D eigenvalue weighted by atomic mass is 10.00. The third-order valence-corrected chi connectivity index (χ3v) is 3.55. The normalized spacial score (nSPS) is 26.1. The molecule has 3 nitrogen and oxygen atoms in total. The minimum absolute atomic E-state index is 0.168. The second kappa shape index (κ2) is 5.83. The second-order valence-corrected chi connectivity index (χ2v) is 5.10. The number of nitrogens with one attached hydrogen (secondary N) is 1. The van der Waals surface area contributed by atoms with Gasteiger partial charge in [-0.25, -0.2) is 0 Å². The Kier molecular flexibility index (Phi) is 4.40. The molecule has 1 aromatic rings. The highest BCUT2D eigenvalue weighted by Crippen LogP contribution is 2.23. The molecule has 0 amide bonds. The average molecular weight is 255 g/mol. The Morgan fingerprint density at radius 2 is 2.12 bits per heavy atom. The minimum atomic E-state index is 0.168. The van der Waals surface area contributed by atoms with E-state index in [1.807, 2.05) is 24.3 Å². The lowest BCUT2D eigenvalue weighted by Gasteiger charge is -2.22. The first-order valence-electron chi connectivity index (χ1n) is 6.05. The zero-order valence-corrected chi connectivity index (χ0v) is 10.8. The van der Waals surface area contributed by atoms with E-state index in [0.29, 0.717) is 6.10 Å². The summed E-state index contributed by atoms with van der Waals surface area (Å²) in [5, 5.41) is 0.761. The van der Waals surface area contributed by atoms with Crippen molar-refractivity contribution in [2.45, 2.75) is 44.4 Å². The van der Waals surface area contributed by atoms with E-state index in [1.54, 1.807) is 0 Å². The van der Waals surface area contributed by atoms with Crippen LogP contribution in [-0.4, -0.2) is 18.2 Å². The highest BCUT2D eigenvalue weighted by Gasteiger charge is 2.28. The largest absolute Gasteiger partial charge is 0.374 e. The summed E-state index contributed by atoms with van der Waals surface area (Å²) in [4.78, 5) is 0. The van der Waals surface area contributed by atoms with Crippen molar-refractivity contribution in [2.75, 3.05) is 0 Å². The van der Waals surface area contributed by atoms with Gasteiger partial charge in [0.05, 0.1) is 18.2 Å². The van der Waals surface area contributed by atoms with E-state index in [1.165, 1.54) is 5.56 Å². The topological polar surface area (TPSA) is 47.3 Å². The van der Waals surface area contributed by atoms with E-state index in [0.717, 1.165) is 24.3 Å². The molecule has 17 heavy (non-hydrogen) atoms. The third-order valence-electron chi connectivity index (χ3n) is 3.30. The molecular formula is C13H19ClN2O. The van der Waals surface area contributed by atoms with Crippen LogP contribution in [0.5, 0.6) is 0 Å². The van der Waals surface area contributed by atoms with Gasteiger partial charge in [0.2, 0.25) is 0 Å². The third kappa shape index (κ3) is 3.42. The first-order chi connectivity index (χ1) is 8.19. The Morgan fingerprint density at radius 3 is 2.65 bits per heavy atom. The number of hydrogen-bond donors (Lipinski definition) is 2. The minimum Gasteiger partial charge on any atom is -0.374 e. The summed E-state index contributed by atoms with van der Waals surface area (Å²) in [5.74, 6) is 5.62. The standard InChI is InChI=1S/C13H19ClN2O/c1-9-2-7-13(17-9)12(16-15)8-10-3-5-11(14)6-4-10/h3-6,9,12-13,16H,2,7-8,15H2,1H3. The smallest absolute Gasteiger partial charge is 0.0749 e. The summed E-state index contributed by atoms with van der Waals surface area (Å²) in [7, 11) is 0. The van der Waals surface area contributed by atoms with Gasteiger partial charge in [0, 0.05) is 5.02 Å². The van der Waals surface area contributed by atoms with E-state index in [2.05, 4.69) is 12.3 Å². The number of nitrogens with two attached hydrogens (primary N) is 1. The molecule has 3 unspecified atom stereocenters. The van der Waals surface area contributed by atoms with Crippen molar-refractivity contribution in [1.82, 2.24) is 5.43 Å². The van der Waals surface area contributed by atoms with E-state index >= 15 is 0 Å². The Hall–Kier alpha value is -0.610. The number of halogens is 1. The molecule has 0 radical (unpaired) electrons. The van der Waals surface area contributed by atoms with Crippen LogP contribution in [0.15, 0.2) is 24.3 Å². The van der Waals surface area contributed by atoms with Gasteiger partial charge in [-0.05, 0) is 43.9 Å². The van der Waals surface area contributed by atoms with Gasteiger partial charge in [0.15, 0.2) is 0 Å². The van der Waals surface area contributed by atoms with E-state index in [4.69, 9.17) is 22.2 Å². The van der Waals surface area contributed by atoms with Gasteiger partial charge >= 0.3 is 0 Å². The van der Waals surface area contributed by atoms with Crippen LogP contribution >= 0.6 is 11.6 Å². The van der Waals surface area contributed by atoms with E-state index in [9.17, 15) is 0 Å². The van der Waals surface area contributed by atoms with Crippen molar-refractivity contribution < 1.29 is 4.74 Å². The molecule has 3 N–H and O–H groups in total. The summed E-state index contributed by atoms with van der Waals surface area (Å²) >= 11 is 5.86. The van der Waals surface area contributed by atoms with Gasteiger partial charge in [0.1, 0.15) is 0 Å². The molecule has 0 spiro atoms. The zero-order chi connectivity index (χ0) is 12.3. The predicted molar refractivity (Wildman–Crippen MR) is 69.8 cm³/mol. The van der Waals surface area contributed by atoms with Crippen LogP contribution in [0.2, 0.25) is 5.02 Å². The van der Waals surface area contributed by atoms with Crippen molar-refractivity contribution in [3.05, 3.63) is 34.9 Å². The fourth-order valence-corrected chi connectivity index (χ4v) is 2.43. The number of hydrogen-bond acceptors (Lipinski definition) is 3. The molecule has 1 fully saturated rings. The number of benzene rings is 1. The Bertz CT molecular complexity index is 355. The number of ether oxygens (including phenoxy) is 1. The summed E-state index contributed by atoms with van der Waals surface area (Å²) in [5.41, 5.74) is 4.09. The summed E-state index contributed by atoms with van der Waals surface area (Å²) < 4.78 is 5.84. The van der Waals surface area contributed by atoms with Gasteiger partial charge in [-0.1, -0.05) is 23.7 Å². The van der Waals surface area contributed by atoms with Gasteiger partial charge < -0.3 is 4.74 Å². The molecule has 0 bridgehead atoms. The van der Waals surface area contributed by atoms with Crippen LogP contribution in [0.25, 0.3) is 0 Å². The Labute approximate surface area is 107 Å². The van der Waals surface area contributed by atoms with Crippen molar-refractivity contribution in [3.8, 4) is 0 Å². The Balaban J connectivity index is 1.97. The fraction of sp³-hybridized carbons (Fsp3) is 0.538. The lowest BCUT2D eigenvalue weighted by Crippen LogP contribution is -2.45. The van der Waals surface area contributed by atoms with Gasteiger partial charge in [-0.15, -0.1) is 0 Å². The first kappa shape index (κ1) is 12.8. The Morgan fingerprint density at radius 1 is 1.41 bits per heavy atom. The van der Waals surface area contributed by atoms with Gasteiger partial charge in [-0.2, -0.15) is 0 Å². The summed E-state index contributed by atoms with van der Waals surface area (Å²) in [6.07, 6.45) is 3.62. The quantitative estimate of drug-likeness (QED) is 0.640. The summed E-state index contributed by atoms with van der Waals surface area (Å²) in [6, 6.07) is 8.04. The van der Waals surface area contributed by atoms with Gasteiger partial charge in [0.25, 0.3) is 0 Å². The molecule has 3 atom stereocenters. The molecule has 2 rings (SSSR count). The maximum atomic E-state index is 5.86. The molecule has 94 valence electrons. The predicted octanol–water partition coefficient (Wildman–Crippen LogP) is 2.28. The van der Waals surface area contributed by atoms with E-state index < -0.39 is 0 Å². The average Bonchev–Trinajstić information content (AvgIpc) is 2.75. The highest BCUT2D eigenvalue weighted by molar-refractivity contribution is 6.30. The van der Waals surface area contributed by atoms with Crippen LogP contribution < -0.4 is 11.3 Å². The van der Waals surface area contributed by atoms with Crippen LogP contribution in [-0.2, 0) is 11.2 Å². The monoisotopic (exact) mass is 254 g/mol. The first-order valence-corrected chi connectivity index (χ1v) is 6.43. The number of rotatable bonds is 4. The van der Waals surface area contributed by atoms with Gasteiger partial charge in [-0.3, -0.25) is 11.3 Å². The molecule has 4 heteroatoms. The van der Waals surface area contributed by atoms with Crippen LogP contribution in [0.3, 0.4) is 0 Å². The molecule has 1 aliphatic heterocycles. The number of hydrazine groups is 1. The molecule has 1 heterocycles. The van der Waals surface area contributed by atoms with Crippen LogP contribution in [0, 0.1) is 0 Å². The molecule has 0 saturated carbocycles. The second-order valence-electron chi connectivity index (χ2n) is 4.67. The van der Waals surface area contributed by atoms with Crippen LogP contribution in [0.4, 0.5) is 0 Å². The van der Waals surface area contributed by atoms with Crippen molar-refractivity contribution in [2.24, 2.45) is 5.84 Å². The molecular weight excluding hydrogens is 236 g/mol. The van der Waals surface area contributed by atoms with Crippen molar-refractivity contribution >= 4 is 11.6 Å². The molecule has 0 aliphatic carbocycles. The van der Waals surface area contributed by atoms with Crippen LogP contribution in [0.1, 0.15) is 25.3 Å². The SMILES string of the molecule is CC1CCC(C(Cc2ccc(Cl)cc2)NN)O1. The van der Waals surface area contributed by atoms with E-state index in [-0.39, 0.29) is 12.1 Å². The lowest BCUT2D eigenvalue weighted by molar-refractivity contribution is 0.0320. The maximum absolute atomic E-state index is 5.86. The highest BCUT2D eigenvalue weighted by atomic mass is 35.5.